The minimum atomic E-state index is 0.0763. The molecule has 0 aliphatic heterocycles. The Labute approximate surface area is 109 Å². The van der Waals surface area contributed by atoms with Crippen LogP contribution in [0.5, 0.6) is 0 Å². The van der Waals surface area contributed by atoms with Gasteiger partial charge in [-0.25, -0.2) is 0 Å². The molecule has 0 aliphatic carbocycles. The fourth-order valence-electron chi connectivity index (χ4n) is 1.84. The van der Waals surface area contributed by atoms with Crippen LogP contribution in [0, 0.1) is 0 Å². The van der Waals surface area contributed by atoms with E-state index < -0.39 is 0 Å². The van der Waals surface area contributed by atoms with Gasteiger partial charge in [-0.1, -0.05) is 12.1 Å². The molecule has 1 aromatic rings. The van der Waals surface area contributed by atoms with Gasteiger partial charge in [0, 0.05) is 24.8 Å². The van der Waals surface area contributed by atoms with E-state index in [0.717, 1.165) is 12.1 Å². The maximum atomic E-state index is 8.66. The van der Waals surface area contributed by atoms with Crippen molar-refractivity contribution in [2.75, 3.05) is 31.3 Å². The van der Waals surface area contributed by atoms with Crippen molar-refractivity contribution in [1.29, 1.82) is 0 Å². The fraction of sp³-hybridized carbons (Fsp3) is 0.571. The highest BCUT2D eigenvalue weighted by atomic mass is 16.5. The number of benzene rings is 1. The Hall–Kier alpha value is -1.10. The van der Waals surface area contributed by atoms with E-state index in [4.69, 9.17) is 15.6 Å². The van der Waals surface area contributed by atoms with Gasteiger partial charge >= 0.3 is 0 Å². The Kier molecular flexibility index (Phi) is 6.72. The van der Waals surface area contributed by atoms with Crippen molar-refractivity contribution >= 4 is 5.69 Å². The maximum Gasteiger partial charge on any atom is 0.0698 e. The molecule has 0 spiro atoms. The van der Waals surface area contributed by atoms with Gasteiger partial charge in [0.15, 0.2) is 0 Å². The number of nitrogens with zero attached hydrogens (tertiary/aromatic N) is 1. The minimum absolute atomic E-state index is 0.0763. The molecule has 0 fully saturated rings. The van der Waals surface area contributed by atoms with Crippen LogP contribution in [0.15, 0.2) is 24.3 Å². The fourth-order valence-corrected chi connectivity index (χ4v) is 1.84. The van der Waals surface area contributed by atoms with E-state index in [2.05, 4.69) is 43.0 Å². The zero-order valence-electron chi connectivity index (χ0n) is 11.3. The van der Waals surface area contributed by atoms with Crippen molar-refractivity contribution in [2.45, 2.75) is 26.4 Å². The number of hydrogen-bond donors (Lipinski definition) is 2. The molecule has 0 amide bonds. The number of nitrogens with two attached hydrogens (primary N) is 1. The van der Waals surface area contributed by atoms with Crippen molar-refractivity contribution in [2.24, 2.45) is 5.73 Å². The average Bonchev–Trinajstić information content (AvgIpc) is 2.39. The molecule has 4 heteroatoms. The van der Waals surface area contributed by atoms with E-state index in [1.165, 1.54) is 5.69 Å². The lowest BCUT2D eigenvalue weighted by Crippen LogP contribution is -2.34. The SMILES string of the molecule is CC(C)N(CCOCCO)c1ccc(CN)cc1. The molecule has 0 saturated heterocycles. The highest BCUT2D eigenvalue weighted by Gasteiger charge is 2.10. The van der Waals surface area contributed by atoms with E-state index in [1.807, 2.05) is 0 Å². The van der Waals surface area contributed by atoms with Crippen LogP contribution in [-0.2, 0) is 11.3 Å². The Morgan fingerprint density at radius 1 is 1.22 bits per heavy atom. The van der Waals surface area contributed by atoms with E-state index >= 15 is 0 Å². The van der Waals surface area contributed by atoms with Gasteiger partial charge in [0.2, 0.25) is 0 Å². The highest BCUT2D eigenvalue weighted by Crippen LogP contribution is 2.17. The molecular formula is C14H24N2O2. The third kappa shape index (κ3) is 4.64. The van der Waals surface area contributed by atoms with E-state index in [1.54, 1.807) is 0 Å². The lowest BCUT2D eigenvalue weighted by molar-refractivity contribution is 0.0961. The molecule has 1 rings (SSSR count). The molecule has 0 bridgehead atoms. The number of anilines is 1. The summed E-state index contributed by atoms with van der Waals surface area (Å²) in [6, 6.07) is 8.70. The number of aliphatic hydroxyl groups excluding tert-OH is 1. The van der Waals surface area contributed by atoms with Gasteiger partial charge in [-0.2, -0.15) is 0 Å². The van der Waals surface area contributed by atoms with Crippen LogP contribution >= 0.6 is 0 Å². The Balaban J connectivity index is 2.59. The summed E-state index contributed by atoms with van der Waals surface area (Å²) < 4.78 is 5.32. The van der Waals surface area contributed by atoms with E-state index in [0.29, 0.717) is 25.8 Å². The van der Waals surface area contributed by atoms with Gasteiger partial charge in [-0.05, 0) is 31.5 Å². The predicted octanol–water partition coefficient (Wildman–Crippen LogP) is 1.37. The molecule has 0 saturated carbocycles. The zero-order chi connectivity index (χ0) is 13.4. The van der Waals surface area contributed by atoms with Crippen molar-refractivity contribution in [1.82, 2.24) is 0 Å². The van der Waals surface area contributed by atoms with Crippen LogP contribution in [0.3, 0.4) is 0 Å². The van der Waals surface area contributed by atoms with E-state index in [-0.39, 0.29) is 6.61 Å². The summed E-state index contributed by atoms with van der Waals surface area (Å²) in [6.45, 7) is 6.80. The van der Waals surface area contributed by atoms with Gasteiger partial charge in [0.1, 0.15) is 0 Å². The van der Waals surface area contributed by atoms with Gasteiger partial charge in [-0.15, -0.1) is 0 Å². The Morgan fingerprint density at radius 2 is 1.89 bits per heavy atom. The molecule has 0 aliphatic rings. The quantitative estimate of drug-likeness (QED) is 0.686. The minimum Gasteiger partial charge on any atom is -0.394 e. The van der Waals surface area contributed by atoms with Gasteiger partial charge in [0.05, 0.1) is 19.8 Å². The molecule has 0 atom stereocenters. The largest absolute Gasteiger partial charge is 0.394 e. The van der Waals surface area contributed by atoms with Crippen LogP contribution in [0.2, 0.25) is 0 Å². The van der Waals surface area contributed by atoms with Crippen molar-refractivity contribution in [3.05, 3.63) is 29.8 Å². The summed E-state index contributed by atoms with van der Waals surface area (Å²) in [5.41, 5.74) is 7.91. The predicted molar refractivity (Wildman–Crippen MR) is 74.7 cm³/mol. The van der Waals surface area contributed by atoms with Crippen LogP contribution in [0.25, 0.3) is 0 Å². The molecule has 3 N–H and O–H groups in total. The molecule has 0 radical (unpaired) electrons. The van der Waals surface area contributed by atoms with Crippen molar-refractivity contribution in [3.8, 4) is 0 Å². The monoisotopic (exact) mass is 252 g/mol. The second kappa shape index (κ2) is 8.08. The third-order valence-corrected chi connectivity index (χ3v) is 2.84. The Morgan fingerprint density at radius 3 is 2.39 bits per heavy atom. The molecule has 102 valence electrons. The van der Waals surface area contributed by atoms with Gasteiger partial charge in [-0.3, -0.25) is 0 Å². The van der Waals surface area contributed by atoms with E-state index in [9.17, 15) is 0 Å². The van der Waals surface area contributed by atoms with Crippen molar-refractivity contribution in [3.63, 3.8) is 0 Å². The molecule has 0 unspecified atom stereocenters. The molecular weight excluding hydrogens is 228 g/mol. The Bertz CT molecular complexity index is 325. The van der Waals surface area contributed by atoms with Crippen LogP contribution in [0.4, 0.5) is 5.69 Å². The summed E-state index contributed by atoms with van der Waals surface area (Å²) >= 11 is 0. The molecule has 0 heterocycles. The standard InChI is InChI=1S/C14H24N2O2/c1-12(2)16(7-9-18-10-8-17)14-5-3-13(11-15)4-6-14/h3-6,12,17H,7-11,15H2,1-2H3. The number of rotatable bonds is 8. The van der Waals surface area contributed by atoms with Crippen LogP contribution in [0.1, 0.15) is 19.4 Å². The summed E-state index contributed by atoms with van der Waals surface area (Å²) in [7, 11) is 0. The molecule has 18 heavy (non-hydrogen) atoms. The van der Waals surface area contributed by atoms with Gasteiger partial charge < -0.3 is 20.5 Å². The first kappa shape index (κ1) is 15.0. The first-order valence-corrected chi connectivity index (χ1v) is 6.43. The number of aliphatic hydroxyl groups is 1. The van der Waals surface area contributed by atoms with Crippen molar-refractivity contribution < 1.29 is 9.84 Å². The lowest BCUT2D eigenvalue weighted by Gasteiger charge is -2.29. The zero-order valence-corrected chi connectivity index (χ0v) is 11.3. The second-order valence-corrected chi connectivity index (χ2v) is 4.49. The van der Waals surface area contributed by atoms with Crippen LogP contribution < -0.4 is 10.6 Å². The van der Waals surface area contributed by atoms with Gasteiger partial charge in [0.25, 0.3) is 0 Å². The molecule has 0 aromatic heterocycles. The number of hydrogen-bond acceptors (Lipinski definition) is 4. The summed E-state index contributed by atoms with van der Waals surface area (Å²) in [4.78, 5) is 2.28. The molecule has 1 aromatic carbocycles. The smallest absolute Gasteiger partial charge is 0.0698 e. The third-order valence-electron chi connectivity index (χ3n) is 2.84. The topological polar surface area (TPSA) is 58.7 Å². The molecule has 4 nitrogen and oxygen atoms in total. The summed E-state index contributed by atoms with van der Waals surface area (Å²) in [5.74, 6) is 0. The first-order chi connectivity index (χ1) is 8.69. The first-order valence-electron chi connectivity index (χ1n) is 6.43. The lowest BCUT2D eigenvalue weighted by atomic mass is 10.1. The number of ether oxygens (including phenoxy) is 1. The second-order valence-electron chi connectivity index (χ2n) is 4.49. The highest BCUT2D eigenvalue weighted by molar-refractivity contribution is 5.48. The average molecular weight is 252 g/mol. The summed E-state index contributed by atoms with van der Waals surface area (Å²) in [6.07, 6.45) is 0. The van der Waals surface area contributed by atoms with Crippen LogP contribution in [-0.4, -0.2) is 37.5 Å². The normalized spacial score (nSPS) is 10.9. The maximum absolute atomic E-state index is 8.66. The summed E-state index contributed by atoms with van der Waals surface area (Å²) in [5, 5.41) is 8.66.